The zero-order chi connectivity index (χ0) is 17.7. The lowest BCUT2D eigenvalue weighted by Crippen LogP contribution is -2.13. The average molecular weight is 391 g/mol. The number of nitro benzene ring substituents is 1. The quantitative estimate of drug-likeness (QED) is 0.539. The number of carbonyl (C=O) groups excluding carboxylic acids is 1. The molecule has 0 heterocycles. The number of aryl methyl sites for hydroxylation is 2. The Morgan fingerprint density at radius 2 is 2.00 bits per heavy atom. The number of carbonyl (C=O) groups is 1. The van der Waals surface area contributed by atoms with E-state index in [4.69, 9.17) is 0 Å². The summed E-state index contributed by atoms with van der Waals surface area (Å²) in [6, 6.07) is 10.3. The maximum atomic E-state index is 12.4. The summed E-state index contributed by atoms with van der Waals surface area (Å²) in [5, 5.41) is 13.8. The number of benzene rings is 2. The van der Waals surface area contributed by atoms with Crippen molar-refractivity contribution in [2.24, 2.45) is 0 Å². The first-order chi connectivity index (χ1) is 11.4. The van der Waals surface area contributed by atoms with Crippen molar-refractivity contribution < 1.29 is 9.72 Å². The van der Waals surface area contributed by atoms with Gasteiger partial charge in [-0.25, -0.2) is 0 Å². The van der Waals surface area contributed by atoms with Crippen LogP contribution in [0.15, 0.2) is 40.9 Å². The highest BCUT2D eigenvalue weighted by atomic mass is 79.9. The van der Waals surface area contributed by atoms with Gasteiger partial charge < -0.3 is 5.32 Å². The van der Waals surface area contributed by atoms with Gasteiger partial charge in [-0.3, -0.25) is 14.9 Å². The maximum Gasteiger partial charge on any atom is 0.273 e. The third-order valence-corrected chi connectivity index (χ3v) is 4.42. The molecule has 1 N–H and O–H groups in total. The van der Waals surface area contributed by atoms with Crippen molar-refractivity contribution in [3.05, 3.63) is 67.7 Å². The van der Waals surface area contributed by atoms with E-state index >= 15 is 0 Å². The Balaban J connectivity index is 2.18. The molecule has 0 bridgehead atoms. The Labute approximate surface area is 149 Å². The smallest absolute Gasteiger partial charge is 0.273 e. The molecule has 24 heavy (non-hydrogen) atoms. The molecule has 0 aliphatic heterocycles. The highest BCUT2D eigenvalue weighted by molar-refractivity contribution is 9.10. The molecule has 126 valence electrons. The molecule has 0 atom stereocenters. The number of nitrogens with zero attached hydrogens (tertiary/aromatic N) is 1. The number of nitro groups is 1. The number of anilines is 1. The predicted molar refractivity (Wildman–Crippen MR) is 98.5 cm³/mol. The van der Waals surface area contributed by atoms with Crippen LogP contribution in [0.5, 0.6) is 0 Å². The van der Waals surface area contributed by atoms with E-state index < -0.39 is 4.92 Å². The highest BCUT2D eigenvalue weighted by Crippen LogP contribution is 2.26. The molecule has 5 nitrogen and oxygen atoms in total. The van der Waals surface area contributed by atoms with Gasteiger partial charge in [-0.15, -0.1) is 0 Å². The lowest BCUT2D eigenvalue weighted by atomic mass is 10.1. The van der Waals surface area contributed by atoms with E-state index in [2.05, 4.69) is 28.2 Å². The van der Waals surface area contributed by atoms with Gasteiger partial charge in [0.1, 0.15) is 0 Å². The fraction of sp³-hybridized carbons (Fsp3) is 0.278. The maximum absolute atomic E-state index is 12.4. The number of hydrogen-bond donors (Lipinski definition) is 1. The van der Waals surface area contributed by atoms with Gasteiger partial charge in [0.05, 0.1) is 10.6 Å². The molecule has 0 unspecified atom stereocenters. The number of halogens is 1. The van der Waals surface area contributed by atoms with E-state index in [0.717, 1.165) is 23.7 Å². The first-order valence-corrected chi connectivity index (χ1v) is 8.56. The standard InChI is InChI=1S/C18H19BrN2O3/c1-3-4-5-13-7-9-16(15(19)10-13)20-18(22)14-8-6-12(2)17(11-14)21(23)24/h6-11H,3-5H2,1-2H3,(H,20,22). The van der Waals surface area contributed by atoms with Crippen molar-refractivity contribution >= 4 is 33.2 Å². The largest absolute Gasteiger partial charge is 0.321 e. The molecule has 2 aromatic carbocycles. The van der Waals surface area contributed by atoms with Gasteiger partial charge >= 0.3 is 0 Å². The number of amides is 1. The minimum atomic E-state index is -0.482. The summed E-state index contributed by atoms with van der Waals surface area (Å²) in [7, 11) is 0. The van der Waals surface area contributed by atoms with Crippen LogP contribution in [0.4, 0.5) is 11.4 Å². The summed E-state index contributed by atoms with van der Waals surface area (Å²) in [4.78, 5) is 22.9. The molecule has 0 spiro atoms. The normalized spacial score (nSPS) is 10.5. The first kappa shape index (κ1) is 18.1. The molecule has 0 aliphatic carbocycles. The van der Waals surface area contributed by atoms with Crippen LogP contribution in [0.3, 0.4) is 0 Å². The minimum Gasteiger partial charge on any atom is -0.321 e. The Morgan fingerprint density at radius 3 is 2.62 bits per heavy atom. The molecule has 0 aromatic heterocycles. The van der Waals surface area contributed by atoms with E-state index in [-0.39, 0.29) is 17.2 Å². The van der Waals surface area contributed by atoms with Crippen LogP contribution in [0.25, 0.3) is 0 Å². The number of unbranched alkanes of at least 4 members (excludes halogenated alkanes) is 1. The van der Waals surface area contributed by atoms with E-state index in [1.807, 2.05) is 18.2 Å². The van der Waals surface area contributed by atoms with Crippen molar-refractivity contribution in [1.82, 2.24) is 0 Å². The van der Waals surface area contributed by atoms with Gasteiger partial charge in [0.25, 0.3) is 11.6 Å². The lowest BCUT2D eigenvalue weighted by molar-refractivity contribution is -0.385. The summed E-state index contributed by atoms with van der Waals surface area (Å²) in [5.74, 6) is -0.375. The van der Waals surface area contributed by atoms with E-state index in [9.17, 15) is 14.9 Å². The van der Waals surface area contributed by atoms with E-state index in [0.29, 0.717) is 11.3 Å². The Kier molecular flexibility index (Phi) is 6.09. The number of rotatable bonds is 6. The molecule has 6 heteroatoms. The zero-order valence-electron chi connectivity index (χ0n) is 13.6. The molecule has 0 saturated heterocycles. The van der Waals surface area contributed by atoms with Crippen LogP contribution < -0.4 is 5.32 Å². The highest BCUT2D eigenvalue weighted by Gasteiger charge is 2.15. The van der Waals surface area contributed by atoms with Crippen LogP contribution >= 0.6 is 15.9 Å². The van der Waals surface area contributed by atoms with Crippen LogP contribution in [-0.2, 0) is 6.42 Å². The molecule has 0 saturated carbocycles. The predicted octanol–water partition coefficient (Wildman–Crippen LogP) is 5.26. The van der Waals surface area contributed by atoms with Gasteiger partial charge in [-0.1, -0.05) is 25.5 Å². The van der Waals surface area contributed by atoms with Crippen LogP contribution in [-0.4, -0.2) is 10.8 Å². The van der Waals surface area contributed by atoms with Crippen molar-refractivity contribution in [3.8, 4) is 0 Å². The molecule has 1 amide bonds. The van der Waals surface area contributed by atoms with E-state index in [1.165, 1.54) is 11.6 Å². The molecule has 0 aliphatic rings. The second kappa shape index (κ2) is 8.06. The SMILES string of the molecule is CCCCc1ccc(NC(=O)c2ccc(C)c([N+](=O)[O-])c2)c(Br)c1. The minimum absolute atomic E-state index is 0.0587. The summed E-state index contributed by atoms with van der Waals surface area (Å²) in [6.07, 6.45) is 3.24. The Bertz CT molecular complexity index is 775. The molecule has 0 fully saturated rings. The molecular weight excluding hydrogens is 372 g/mol. The van der Waals surface area contributed by atoms with Gasteiger partial charge in [-0.05, 0) is 59.5 Å². The van der Waals surface area contributed by atoms with Crippen LogP contribution in [0.2, 0.25) is 0 Å². The fourth-order valence-corrected chi connectivity index (χ4v) is 2.86. The molecule has 0 radical (unpaired) electrons. The summed E-state index contributed by atoms with van der Waals surface area (Å²) in [5.41, 5.74) is 2.57. The second-order valence-corrected chi connectivity index (χ2v) is 6.48. The van der Waals surface area contributed by atoms with Crippen molar-refractivity contribution in [2.75, 3.05) is 5.32 Å². The topological polar surface area (TPSA) is 72.2 Å². The van der Waals surface area contributed by atoms with Gasteiger partial charge in [0, 0.05) is 21.7 Å². The molecule has 2 aromatic rings. The Hall–Kier alpha value is -2.21. The Morgan fingerprint density at radius 1 is 1.25 bits per heavy atom. The van der Waals surface area contributed by atoms with Crippen molar-refractivity contribution in [1.29, 1.82) is 0 Å². The second-order valence-electron chi connectivity index (χ2n) is 5.63. The van der Waals surface area contributed by atoms with Crippen molar-refractivity contribution in [2.45, 2.75) is 33.1 Å². The van der Waals surface area contributed by atoms with Crippen LogP contribution in [0, 0.1) is 17.0 Å². The van der Waals surface area contributed by atoms with Gasteiger partial charge in [0.15, 0.2) is 0 Å². The fourth-order valence-electron chi connectivity index (χ4n) is 2.34. The monoisotopic (exact) mass is 390 g/mol. The van der Waals surface area contributed by atoms with Gasteiger partial charge in [-0.2, -0.15) is 0 Å². The van der Waals surface area contributed by atoms with Gasteiger partial charge in [0.2, 0.25) is 0 Å². The third kappa shape index (κ3) is 4.41. The molecular formula is C18H19BrN2O3. The zero-order valence-corrected chi connectivity index (χ0v) is 15.2. The van der Waals surface area contributed by atoms with E-state index in [1.54, 1.807) is 19.1 Å². The molecule has 2 rings (SSSR count). The average Bonchev–Trinajstić information content (AvgIpc) is 2.55. The summed E-state index contributed by atoms with van der Waals surface area (Å²) in [6.45, 7) is 3.79. The van der Waals surface area contributed by atoms with Crippen molar-refractivity contribution in [3.63, 3.8) is 0 Å². The summed E-state index contributed by atoms with van der Waals surface area (Å²) >= 11 is 3.47. The number of hydrogen-bond acceptors (Lipinski definition) is 3. The summed E-state index contributed by atoms with van der Waals surface area (Å²) < 4.78 is 0.797. The lowest BCUT2D eigenvalue weighted by Gasteiger charge is -2.10. The third-order valence-electron chi connectivity index (χ3n) is 3.77. The number of nitrogens with one attached hydrogen (secondary N) is 1. The first-order valence-electron chi connectivity index (χ1n) is 7.77. The van der Waals surface area contributed by atoms with Crippen LogP contribution in [0.1, 0.15) is 41.3 Å².